The largest absolute Gasteiger partial charge is 0.490 e. The first kappa shape index (κ1) is 60.5. The second-order valence-corrected chi connectivity index (χ2v) is 21.6. The van der Waals surface area contributed by atoms with E-state index in [1.165, 1.54) is 212 Å². The second-order valence-electron chi connectivity index (χ2n) is 20.5. The molecular formula is C62H101N5O4S. The van der Waals surface area contributed by atoms with Crippen molar-refractivity contribution in [1.29, 1.82) is 0 Å². The molecule has 0 unspecified atom stereocenters. The van der Waals surface area contributed by atoms with Gasteiger partial charge < -0.3 is 30.4 Å². The van der Waals surface area contributed by atoms with E-state index in [4.69, 9.17) is 30.4 Å². The van der Waals surface area contributed by atoms with Crippen LogP contribution in [-0.4, -0.2) is 34.8 Å². The number of unbranched alkanes of at least 4 members (excludes halogenated alkanes) is 33. The molecule has 72 heavy (non-hydrogen) atoms. The fourth-order valence-corrected chi connectivity index (χ4v) is 10.4. The summed E-state index contributed by atoms with van der Waals surface area (Å²) in [6, 6.07) is 16.5. The number of hydrogen-bond acceptors (Lipinski definition) is 10. The molecule has 0 saturated carbocycles. The van der Waals surface area contributed by atoms with Crippen molar-refractivity contribution in [3.8, 4) is 44.1 Å². The van der Waals surface area contributed by atoms with Gasteiger partial charge in [0.05, 0.1) is 24.7 Å². The second kappa shape index (κ2) is 40.4. The lowest BCUT2D eigenvalue weighted by atomic mass is 10.1. The van der Waals surface area contributed by atoms with Crippen LogP contribution in [0.25, 0.3) is 21.1 Å². The van der Waals surface area contributed by atoms with E-state index in [1.54, 1.807) is 11.3 Å². The minimum atomic E-state index is 0.113. The lowest BCUT2D eigenvalue weighted by molar-refractivity contribution is 0.232. The number of rotatable bonds is 47. The molecule has 0 aliphatic carbocycles. The van der Waals surface area contributed by atoms with Crippen molar-refractivity contribution in [3.05, 3.63) is 54.1 Å². The Morgan fingerprint density at radius 2 is 0.722 bits per heavy atom. The number of thiophene rings is 1. The van der Waals surface area contributed by atoms with E-state index in [-0.39, 0.29) is 11.9 Å². The molecule has 0 bridgehead atoms. The van der Waals surface area contributed by atoms with E-state index < -0.39 is 0 Å². The first-order valence-corrected chi connectivity index (χ1v) is 30.5. The Hall–Kier alpha value is -4.05. The average molecular weight is 1010 g/mol. The number of aromatic nitrogens is 3. The van der Waals surface area contributed by atoms with Crippen molar-refractivity contribution in [1.82, 2.24) is 15.0 Å². The minimum Gasteiger partial charge on any atom is -0.490 e. The quantitative estimate of drug-likeness (QED) is 0.0416. The van der Waals surface area contributed by atoms with Gasteiger partial charge in [0.1, 0.15) is 12.4 Å². The molecule has 404 valence electrons. The highest BCUT2D eigenvalue weighted by Gasteiger charge is 2.17. The van der Waals surface area contributed by atoms with Crippen LogP contribution in [0.2, 0.25) is 0 Å². The van der Waals surface area contributed by atoms with Crippen LogP contribution in [-0.2, 0) is 6.61 Å². The Morgan fingerprint density at radius 3 is 1.11 bits per heavy atom. The molecule has 0 amide bonds. The van der Waals surface area contributed by atoms with Crippen molar-refractivity contribution in [2.24, 2.45) is 0 Å². The van der Waals surface area contributed by atoms with Crippen LogP contribution >= 0.6 is 11.3 Å². The Bertz CT molecular complexity index is 1850. The molecule has 4 aromatic rings. The first-order valence-electron chi connectivity index (χ1n) is 29.7. The van der Waals surface area contributed by atoms with Crippen LogP contribution in [0, 0.1) is 0 Å². The van der Waals surface area contributed by atoms with Crippen LogP contribution in [0.4, 0.5) is 11.9 Å². The van der Waals surface area contributed by atoms with Gasteiger partial charge in [-0.3, -0.25) is 0 Å². The van der Waals surface area contributed by atoms with Crippen molar-refractivity contribution >= 4 is 23.2 Å². The number of benzene rings is 2. The topological polar surface area (TPSA) is 128 Å². The molecule has 0 aliphatic heterocycles. The minimum absolute atomic E-state index is 0.113. The summed E-state index contributed by atoms with van der Waals surface area (Å²) in [5, 5.41) is 0. The molecule has 0 aliphatic rings. The van der Waals surface area contributed by atoms with Crippen LogP contribution in [0.5, 0.6) is 23.0 Å². The fraction of sp³-hybridized carbons (Fsp3) is 0.694. The summed E-state index contributed by atoms with van der Waals surface area (Å²) in [5.74, 6) is 3.79. The molecule has 10 heteroatoms. The van der Waals surface area contributed by atoms with Gasteiger partial charge in [0.2, 0.25) is 17.6 Å². The molecule has 0 radical (unpaired) electrons. The summed E-state index contributed by atoms with van der Waals surface area (Å²) in [6.07, 6.45) is 47.4. The molecule has 9 nitrogen and oxygen atoms in total. The van der Waals surface area contributed by atoms with E-state index in [2.05, 4.69) is 66.1 Å². The standard InChI is InChI=1S/C62H101N5O4S/c1-4-7-10-13-16-19-22-25-28-31-34-37-46-68-55-49-52(51-71-54-42-40-53(41-43-54)57-44-45-58(72-57)60-65-61(63)67-62(64)66-60)50-56(69-47-38-35-32-29-26-23-20-17-14-11-8-5-2)59(55)70-48-39-36-33-30-27-24-21-18-15-12-9-6-3/h40-45,49-50H,4-39,46-48,51H2,1-3H3,(H4,63,64,65,66,67). The summed E-state index contributed by atoms with van der Waals surface area (Å²) >= 11 is 1.58. The molecule has 4 N–H and O–H groups in total. The summed E-state index contributed by atoms with van der Waals surface area (Å²) in [4.78, 5) is 14.4. The van der Waals surface area contributed by atoms with E-state index in [1.807, 2.05) is 18.2 Å². The van der Waals surface area contributed by atoms with Crippen molar-refractivity contribution in [2.45, 2.75) is 259 Å². The maximum atomic E-state index is 6.69. The zero-order chi connectivity index (χ0) is 50.9. The van der Waals surface area contributed by atoms with Gasteiger partial charge in [-0.2, -0.15) is 15.0 Å². The molecule has 2 aromatic carbocycles. The van der Waals surface area contributed by atoms with Gasteiger partial charge >= 0.3 is 0 Å². The first-order chi connectivity index (χ1) is 35.5. The normalized spacial score (nSPS) is 11.4. The zero-order valence-corrected chi connectivity index (χ0v) is 46.8. The zero-order valence-electron chi connectivity index (χ0n) is 45.9. The van der Waals surface area contributed by atoms with E-state index in [9.17, 15) is 0 Å². The summed E-state index contributed by atoms with van der Waals surface area (Å²) in [5.41, 5.74) is 13.8. The van der Waals surface area contributed by atoms with Gasteiger partial charge in [0.15, 0.2) is 17.3 Å². The summed E-state index contributed by atoms with van der Waals surface area (Å²) < 4.78 is 26.5. The van der Waals surface area contributed by atoms with Crippen molar-refractivity contribution in [2.75, 3.05) is 31.3 Å². The fourth-order valence-electron chi connectivity index (χ4n) is 9.45. The molecule has 4 rings (SSSR count). The molecule has 0 saturated heterocycles. The highest BCUT2D eigenvalue weighted by atomic mass is 32.1. The molecular weight excluding hydrogens is 911 g/mol. The number of nitrogens with zero attached hydrogens (tertiary/aromatic N) is 3. The van der Waals surface area contributed by atoms with E-state index in [0.717, 1.165) is 63.1 Å². The predicted octanol–water partition coefficient (Wildman–Crippen LogP) is 19.3. The molecule has 0 atom stereocenters. The number of hydrogen-bond donors (Lipinski definition) is 2. The lowest BCUT2D eigenvalue weighted by Gasteiger charge is -2.19. The monoisotopic (exact) mass is 1010 g/mol. The third-order valence-electron chi connectivity index (χ3n) is 13.9. The Balaban J connectivity index is 1.37. The van der Waals surface area contributed by atoms with E-state index in [0.29, 0.717) is 32.3 Å². The average Bonchev–Trinajstić information content (AvgIpc) is 3.89. The smallest absolute Gasteiger partial charge is 0.225 e. The summed E-state index contributed by atoms with van der Waals surface area (Å²) in [6.45, 7) is 9.24. The highest BCUT2D eigenvalue weighted by molar-refractivity contribution is 7.18. The summed E-state index contributed by atoms with van der Waals surface area (Å²) in [7, 11) is 0. The van der Waals surface area contributed by atoms with Crippen molar-refractivity contribution in [3.63, 3.8) is 0 Å². The Labute approximate surface area is 443 Å². The Kier molecular flexibility index (Phi) is 33.9. The van der Waals surface area contributed by atoms with Gasteiger partial charge in [0, 0.05) is 4.88 Å². The van der Waals surface area contributed by atoms with Crippen LogP contribution in [0.3, 0.4) is 0 Å². The predicted molar refractivity (Wildman–Crippen MR) is 308 cm³/mol. The third kappa shape index (κ3) is 27.3. The molecule has 0 spiro atoms. The SMILES string of the molecule is CCCCCCCCCCCCCCOc1cc(COc2ccc(-c3ccc(-c4nc(N)nc(N)n4)s3)cc2)cc(OCCCCCCCCCCCCCC)c1OCCCCCCCCCCCCCC. The van der Waals surface area contributed by atoms with Crippen molar-refractivity contribution < 1.29 is 18.9 Å². The van der Waals surface area contributed by atoms with Crippen LogP contribution < -0.4 is 30.4 Å². The number of nitrogen functional groups attached to an aromatic ring is 2. The maximum absolute atomic E-state index is 6.69. The molecule has 2 aromatic heterocycles. The third-order valence-corrected chi connectivity index (χ3v) is 15.0. The van der Waals surface area contributed by atoms with E-state index >= 15 is 0 Å². The van der Waals surface area contributed by atoms with Crippen LogP contribution in [0.1, 0.15) is 257 Å². The molecule has 0 fully saturated rings. The van der Waals surface area contributed by atoms with Gasteiger partial charge in [-0.1, -0.05) is 233 Å². The number of anilines is 2. The number of nitrogens with two attached hydrogens (primary N) is 2. The Morgan fingerprint density at radius 1 is 0.375 bits per heavy atom. The van der Waals surface area contributed by atoms with Gasteiger partial charge in [-0.05, 0) is 78.9 Å². The number of ether oxygens (including phenoxy) is 4. The highest BCUT2D eigenvalue weighted by Crippen LogP contribution is 2.40. The van der Waals surface area contributed by atoms with Gasteiger partial charge in [-0.15, -0.1) is 11.3 Å². The molecule has 2 heterocycles. The van der Waals surface area contributed by atoms with Crippen LogP contribution in [0.15, 0.2) is 48.5 Å². The lowest BCUT2D eigenvalue weighted by Crippen LogP contribution is -2.08. The van der Waals surface area contributed by atoms with Gasteiger partial charge in [0.25, 0.3) is 0 Å². The maximum Gasteiger partial charge on any atom is 0.225 e. The van der Waals surface area contributed by atoms with Gasteiger partial charge in [-0.25, -0.2) is 0 Å².